The van der Waals surface area contributed by atoms with E-state index >= 15 is 0 Å². The lowest BCUT2D eigenvalue weighted by Gasteiger charge is -2.22. The summed E-state index contributed by atoms with van der Waals surface area (Å²) in [6.45, 7) is 8.96. The number of nitrogens with one attached hydrogen (secondary N) is 1. The Bertz CT molecular complexity index is 608. The van der Waals surface area contributed by atoms with Crippen molar-refractivity contribution in [2.24, 2.45) is 0 Å². The third-order valence-electron chi connectivity index (χ3n) is 3.12. The van der Waals surface area contributed by atoms with Crippen LogP contribution in [0.25, 0.3) is 10.9 Å². The lowest BCUT2D eigenvalue weighted by molar-refractivity contribution is 1.09. The van der Waals surface area contributed by atoms with Crippen LogP contribution in [0.15, 0.2) is 29.1 Å². The second kappa shape index (κ2) is 4.15. The zero-order chi connectivity index (χ0) is 12.6. The topological polar surface area (TPSA) is 32.9 Å². The number of aromatic amines is 1. The summed E-state index contributed by atoms with van der Waals surface area (Å²) in [4.78, 5) is 15.1. The van der Waals surface area contributed by atoms with Crippen molar-refractivity contribution in [2.75, 3.05) is 0 Å². The summed E-state index contributed by atoms with van der Waals surface area (Å²) in [7, 11) is -1.51. The van der Waals surface area contributed by atoms with Crippen molar-refractivity contribution in [2.45, 2.75) is 33.0 Å². The number of para-hydroxylation sites is 1. The van der Waals surface area contributed by atoms with Gasteiger partial charge in [-0.3, -0.25) is 4.79 Å². The number of H-pyrrole nitrogens is 1. The van der Waals surface area contributed by atoms with Gasteiger partial charge in [0.1, 0.15) is 0 Å². The Labute approximate surface area is 103 Å². The number of rotatable bonds is 2. The quantitative estimate of drug-likeness (QED) is 0.811. The van der Waals surface area contributed by atoms with E-state index in [2.05, 4.69) is 37.6 Å². The zero-order valence-corrected chi connectivity index (χ0v) is 11.9. The van der Waals surface area contributed by atoms with Crippen LogP contribution in [0.5, 0.6) is 0 Å². The van der Waals surface area contributed by atoms with Gasteiger partial charge in [0, 0.05) is 11.1 Å². The highest BCUT2D eigenvalue weighted by Crippen LogP contribution is 2.14. The van der Waals surface area contributed by atoms with Gasteiger partial charge in [-0.25, -0.2) is 0 Å². The Balaban J connectivity index is 2.98. The lowest BCUT2D eigenvalue weighted by atomic mass is 10.1. The molecule has 0 aliphatic heterocycles. The van der Waals surface area contributed by atoms with Crippen LogP contribution in [0.3, 0.4) is 0 Å². The molecule has 2 rings (SSSR count). The van der Waals surface area contributed by atoms with Gasteiger partial charge < -0.3 is 4.98 Å². The van der Waals surface area contributed by atoms with Crippen LogP contribution in [0.2, 0.25) is 19.6 Å². The predicted octanol–water partition coefficient (Wildman–Crippen LogP) is 2.64. The van der Waals surface area contributed by atoms with E-state index in [1.807, 2.05) is 18.2 Å². The van der Waals surface area contributed by atoms with Crippen LogP contribution in [-0.4, -0.2) is 13.1 Å². The Kier molecular flexibility index (Phi) is 2.95. The van der Waals surface area contributed by atoms with Crippen LogP contribution < -0.4 is 10.7 Å². The molecule has 0 bridgehead atoms. The molecule has 0 spiro atoms. The molecule has 2 nitrogen and oxygen atoms in total. The SMILES string of the molecule is CCc1c([Si](C)(C)C)c2ccccc2[nH]c1=O. The molecule has 1 heterocycles. The van der Waals surface area contributed by atoms with Gasteiger partial charge in [-0.2, -0.15) is 0 Å². The van der Waals surface area contributed by atoms with Crippen LogP contribution >= 0.6 is 0 Å². The summed E-state index contributed by atoms with van der Waals surface area (Å²) < 4.78 is 0. The molecule has 0 atom stereocenters. The first-order valence-corrected chi connectivity index (χ1v) is 9.59. The van der Waals surface area contributed by atoms with Crippen LogP contribution in [-0.2, 0) is 6.42 Å². The maximum absolute atomic E-state index is 12.1. The van der Waals surface area contributed by atoms with Gasteiger partial charge in [0.25, 0.3) is 5.56 Å². The minimum Gasteiger partial charge on any atom is -0.322 e. The molecule has 17 heavy (non-hydrogen) atoms. The highest BCUT2D eigenvalue weighted by atomic mass is 28.3. The number of benzene rings is 1. The number of aromatic nitrogens is 1. The molecule has 0 saturated heterocycles. The van der Waals surface area contributed by atoms with Crippen molar-refractivity contribution in [1.82, 2.24) is 4.98 Å². The van der Waals surface area contributed by atoms with E-state index < -0.39 is 8.07 Å². The average Bonchev–Trinajstić information content (AvgIpc) is 2.25. The zero-order valence-electron chi connectivity index (χ0n) is 10.9. The molecule has 0 saturated carbocycles. The van der Waals surface area contributed by atoms with E-state index in [1.54, 1.807) is 0 Å². The van der Waals surface area contributed by atoms with E-state index in [0.29, 0.717) is 0 Å². The Hall–Kier alpha value is -1.35. The smallest absolute Gasteiger partial charge is 0.251 e. The summed E-state index contributed by atoms with van der Waals surface area (Å²) in [5.41, 5.74) is 2.03. The maximum atomic E-state index is 12.1. The minimum absolute atomic E-state index is 0.0867. The summed E-state index contributed by atoms with van der Waals surface area (Å²) in [6, 6.07) is 8.12. The molecule has 1 N–H and O–H groups in total. The van der Waals surface area contributed by atoms with Crippen LogP contribution in [0.4, 0.5) is 0 Å². The summed E-state index contributed by atoms with van der Waals surface area (Å²) in [6.07, 6.45) is 0.805. The molecule has 3 heteroatoms. The van der Waals surface area contributed by atoms with Gasteiger partial charge in [0.05, 0.1) is 8.07 Å². The Morgan fingerprint density at radius 1 is 1.18 bits per heavy atom. The molecular weight excluding hydrogens is 226 g/mol. The first kappa shape index (κ1) is 12.1. The van der Waals surface area contributed by atoms with Gasteiger partial charge in [-0.1, -0.05) is 44.8 Å². The van der Waals surface area contributed by atoms with Gasteiger partial charge in [-0.15, -0.1) is 0 Å². The highest BCUT2D eigenvalue weighted by molar-refractivity contribution is 6.90. The molecule has 0 aliphatic rings. The van der Waals surface area contributed by atoms with Crippen molar-refractivity contribution in [3.05, 3.63) is 40.2 Å². The van der Waals surface area contributed by atoms with Gasteiger partial charge in [-0.05, 0) is 23.1 Å². The minimum atomic E-state index is -1.51. The van der Waals surface area contributed by atoms with Gasteiger partial charge >= 0.3 is 0 Å². The molecular formula is C14H19NOSi. The van der Waals surface area contributed by atoms with Crippen molar-refractivity contribution in [3.8, 4) is 0 Å². The van der Waals surface area contributed by atoms with Crippen LogP contribution in [0.1, 0.15) is 12.5 Å². The van der Waals surface area contributed by atoms with Gasteiger partial charge in [0.15, 0.2) is 0 Å². The van der Waals surface area contributed by atoms with E-state index in [1.165, 1.54) is 10.6 Å². The monoisotopic (exact) mass is 245 g/mol. The molecule has 90 valence electrons. The first-order chi connectivity index (χ1) is 7.95. The average molecular weight is 245 g/mol. The van der Waals surface area contributed by atoms with Crippen LogP contribution in [0, 0.1) is 0 Å². The maximum Gasteiger partial charge on any atom is 0.251 e. The number of hydrogen-bond acceptors (Lipinski definition) is 1. The first-order valence-electron chi connectivity index (χ1n) is 6.09. The van der Waals surface area contributed by atoms with Gasteiger partial charge in [0.2, 0.25) is 0 Å². The fourth-order valence-electron chi connectivity index (χ4n) is 2.48. The molecule has 0 aliphatic carbocycles. The highest BCUT2D eigenvalue weighted by Gasteiger charge is 2.24. The lowest BCUT2D eigenvalue weighted by Crippen LogP contribution is -2.44. The normalized spacial score (nSPS) is 12.0. The third-order valence-corrected chi connectivity index (χ3v) is 5.20. The molecule has 0 amide bonds. The number of hydrogen-bond donors (Lipinski definition) is 1. The summed E-state index contributed by atoms with van der Waals surface area (Å²) in [5.74, 6) is 0. The van der Waals surface area contributed by atoms with Crippen molar-refractivity contribution in [1.29, 1.82) is 0 Å². The third kappa shape index (κ3) is 2.07. The Morgan fingerprint density at radius 3 is 2.41 bits per heavy atom. The molecule has 0 fully saturated rings. The largest absolute Gasteiger partial charge is 0.322 e. The number of fused-ring (bicyclic) bond motifs is 1. The number of pyridine rings is 1. The second-order valence-corrected chi connectivity index (χ2v) is 10.5. The molecule has 1 aromatic carbocycles. The van der Waals surface area contributed by atoms with Crippen molar-refractivity contribution < 1.29 is 0 Å². The summed E-state index contributed by atoms with van der Waals surface area (Å²) in [5, 5.41) is 2.54. The fourth-order valence-corrected chi connectivity index (χ4v) is 4.70. The molecule has 0 radical (unpaired) electrons. The van der Waals surface area contributed by atoms with Crippen molar-refractivity contribution in [3.63, 3.8) is 0 Å². The predicted molar refractivity (Wildman–Crippen MR) is 76.9 cm³/mol. The Morgan fingerprint density at radius 2 is 1.82 bits per heavy atom. The van der Waals surface area contributed by atoms with E-state index in [4.69, 9.17) is 0 Å². The molecule has 0 unspecified atom stereocenters. The van der Waals surface area contributed by atoms with E-state index in [-0.39, 0.29) is 5.56 Å². The summed E-state index contributed by atoms with van der Waals surface area (Å²) >= 11 is 0. The standard InChI is InChI=1S/C14H19NOSi/c1-5-10-13(17(2,3)4)11-8-6-7-9-12(11)15-14(10)16/h6-9H,5H2,1-4H3,(H,15,16). The van der Waals surface area contributed by atoms with E-state index in [0.717, 1.165) is 17.5 Å². The molecule has 1 aromatic heterocycles. The van der Waals surface area contributed by atoms with Crippen molar-refractivity contribution >= 4 is 24.2 Å². The fraction of sp³-hybridized carbons (Fsp3) is 0.357. The van der Waals surface area contributed by atoms with E-state index in [9.17, 15) is 4.79 Å². The molecule has 2 aromatic rings. The second-order valence-electron chi connectivity index (χ2n) is 5.46.